The summed E-state index contributed by atoms with van der Waals surface area (Å²) in [6.07, 6.45) is 0. The number of hydrogen-bond acceptors (Lipinski definition) is 4. The molecule has 0 fully saturated rings. The molecule has 0 bridgehead atoms. The minimum Gasteiger partial charge on any atom is -0.744 e. The van der Waals surface area contributed by atoms with E-state index in [4.69, 9.17) is 5.26 Å². The van der Waals surface area contributed by atoms with Crippen molar-refractivity contribution >= 4 is 10.1 Å². The van der Waals surface area contributed by atoms with Gasteiger partial charge in [-0.1, -0.05) is 0 Å². The van der Waals surface area contributed by atoms with Gasteiger partial charge in [0.2, 0.25) is 0 Å². The molecule has 0 amide bonds. The summed E-state index contributed by atoms with van der Waals surface area (Å²) in [4.78, 5) is -0.606. The Labute approximate surface area is 102 Å². The van der Waals surface area contributed by atoms with Crippen molar-refractivity contribution in [1.82, 2.24) is 0 Å². The van der Waals surface area contributed by atoms with Gasteiger partial charge >= 0.3 is 29.6 Å². The first-order valence-electron chi connectivity index (χ1n) is 3.10. The van der Waals surface area contributed by atoms with Gasteiger partial charge in [-0.15, -0.1) is 0 Å². The summed E-state index contributed by atoms with van der Waals surface area (Å²) < 4.78 is 43.9. The normalized spacial score (nSPS) is 10.1. The number of nitrogens with zero attached hydrogens (tertiary/aromatic N) is 1. The zero-order valence-corrected chi connectivity index (χ0v) is 10.0. The quantitative estimate of drug-likeness (QED) is 0.393. The zero-order chi connectivity index (χ0) is 10.1. The molecule has 7 heteroatoms. The molecule has 0 aliphatic heterocycles. The first-order chi connectivity index (χ1) is 5.95. The average molecular weight is 223 g/mol. The Hall–Kier alpha value is -0.450. The van der Waals surface area contributed by atoms with Crippen molar-refractivity contribution in [2.45, 2.75) is 4.90 Å². The van der Waals surface area contributed by atoms with Crippen LogP contribution in [0.3, 0.4) is 0 Å². The fourth-order valence-electron chi connectivity index (χ4n) is 0.746. The van der Waals surface area contributed by atoms with Crippen LogP contribution >= 0.6 is 0 Å². The van der Waals surface area contributed by atoms with E-state index < -0.39 is 26.4 Å². The van der Waals surface area contributed by atoms with Gasteiger partial charge < -0.3 is 4.55 Å². The monoisotopic (exact) mass is 223 g/mol. The molecule has 0 saturated heterocycles. The summed E-state index contributed by atoms with van der Waals surface area (Å²) in [5.41, 5.74) is -0.461. The molecule has 0 atom stereocenters. The Bertz CT molecular complexity index is 480. The molecule has 0 saturated carbocycles. The molecular weight excluding hydrogens is 220 g/mol. The molecule has 0 aliphatic rings. The molecule has 0 aliphatic carbocycles. The van der Waals surface area contributed by atoms with E-state index in [9.17, 15) is 17.4 Å². The van der Waals surface area contributed by atoms with Crippen LogP contribution in [0.25, 0.3) is 0 Å². The third kappa shape index (κ3) is 3.04. The third-order valence-electron chi connectivity index (χ3n) is 1.35. The first-order valence-corrected chi connectivity index (χ1v) is 4.51. The molecule has 14 heavy (non-hydrogen) atoms. The van der Waals surface area contributed by atoms with Crippen LogP contribution in [0.4, 0.5) is 4.39 Å². The maximum atomic E-state index is 12.6. The van der Waals surface area contributed by atoms with Crippen molar-refractivity contribution in [2.75, 3.05) is 0 Å². The van der Waals surface area contributed by atoms with E-state index in [0.29, 0.717) is 6.07 Å². The topological polar surface area (TPSA) is 81.0 Å². The van der Waals surface area contributed by atoms with Crippen molar-refractivity contribution in [2.24, 2.45) is 0 Å². The fraction of sp³-hybridized carbons (Fsp3) is 0. The smallest absolute Gasteiger partial charge is 0.744 e. The van der Waals surface area contributed by atoms with Crippen LogP contribution in [-0.4, -0.2) is 13.0 Å². The van der Waals surface area contributed by atoms with Gasteiger partial charge in [0, 0.05) is 0 Å². The fourth-order valence-corrected chi connectivity index (χ4v) is 1.24. The SMILES string of the molecule is N#Cc1cc(S(=O)(=O)[O-])ccc1F.[Na+]. The number of nitriles is 1. The van der Waals surface area contributed by atoms with Gasteiger partial charge in [-0.25, -0.2) is 12.8 Å². The Balaban J connectivity index is 0.00000169. The predicted molar refractivity (Wildman–Crippen MR) is 39.1 cm³/mol. The van der Waals surface area contributed by atoms with Crippen molar-refractivity contribution in [1.29, 1.82) is 5.26 Å². The predicted octanol–water partition coefficient (Wildman–Crippen LogP) is -2.39. The Morgan fingerprint density at radius 1 is 1.43 bits per heavy atom. The van der Waals surface area contributed by atoms with E-state index in [1.165, 1.54) is 6.07 Å². The standard InChI is InChI=1S/C7H4FNO3S.Na/c8-7-2-1-6(13(10,11)12)3-5(7)4-9;/h1-3H,(H,10,11,12);/q;+1/p-1. The summed E-state index contributed by atoms with van der Waals surface area (Å²) >= 11 is 0. The van der Waals surface area contributed by atoms with Crippen LogP contribution in [0.2, 0.25) is 0 Å². The molecule has 0 aromatic heterocycles. The van der Waals surface area contributed by atoms with Crippen molar-refractivity contribution < 1.29 is 46.9 Å². The Kier molecular flexibility index (Phi) is 4.71. The van der Waals surface area contributed by atoms with Gasteiger partial charge in [0.05, 0.1) is 10.5 Å². The minimum absolute atomic E-state index is 0. The maximum absolute atomic E-state index is 12.6. The molecule has 0 unspecified atom stereocenters. The summed E-state index contributed by atoms with van der Waals surface area (Å²) in [5, 5.41) is 8.32. The summed E-state index contributed by atoms with van der Waals surface area (Å²) in [5.74, 6) is -0.852. The van der Waals surface area contributed by atoms with E-state index >= 15 is 0 Å². The zero-order valence-electron chi connectivity index (χ0n) is 7.19. The molecule has 4 nitrogen and oxygen atoms in total. The van der Waals surface area contributed by atoms with Crippen LogP contribution in [-0.2, 0) is 10.1 Å². The van der Waals surface area contributed by atoms with E-state index in [1.54, 1.807) is 0 Å². The van der Waals surface area contributed by atoms with E-state index in [2.05, 4.69) is 0 Å². The second kappa shape index (κ2) is 4.87. The molecular formula is C7H3FNNaO3S. The second-order valence-electron chi connectivity index (χ2n) is 2.21. The van der Waals surface area contributed by atoms with Crippen LogP contribution in [0.1, 0.15) is 5.56 Å². The van der Waals surface area contributed by atoms with E-state index in [0.717, 1.165) is 12.1 Å². The summed E-state index contributed by atoms with van der Waals surface area (Å²) in [6, 6.07) is 3.72. The van der Waals surface area contributed by atoms with Gasteiger partial charge in [-0.3, -0.25) is 0 Å². The van der Waals surface area contributed by atoms with Gasteiger partial charge in [-0.05, 0) is 18.2 Å². The third-order valence-corrected chi connectivity index (χ3v) is 2.18. The van der Waals surface area contributed by atoms with Crippen LogP contribution in [0.15, 0.2) is 23.1 Å². The number of hydrogen-bond donors (Lipinski definition) is 0. The van der Waals surface area contributed by atoms with Crippen LogP contribution in [0, 0.1) is 17.1 Å². The molecule has 0 spiro atoms. The first kappa shape index (κ1) is 13.5. The van der Waals surface area contributed by atoms with Crippen molar-refractivity contribution in [3.63, 3.8) is 0 Å². The minimum atomic E-state index is -4.62. The molecule has 1 aromatic rings. The largest absolute Gasteiger partial charge is 1.00 e. The van der Waals surface area contributed by atoms with Crippen molar-refractivity contribution in [3.8, 4) is 6.07 Å². The van der Waals surface area contributed by atoms with Gasteiger partial charge in [0.1, 0.15) is 22.0 Å². The molecule has 1 rings (SSSR count). The maximum Gasteiger partial charge on any atom is 1.00 e. The molecule has 0 radical (unpaired) electrons. The Morgan fingerprint density at radius 2 is 2.00 bits per heavy atom. The molecule has 0 N–H and O–H groups in total. The number of benzene rings is 1. The van der Waals surface area contributed by atoms with Gasteiger partial charge in [0.25, 0.3) is 0 Å². The molecule has 0 heterocycles. The van der Waals surface area contributed by atoms with Crippen LogP contribution < -0.4 is 29.6 Å². The van der Waals surface area contributed by atoms with Crippen molar-refractivity contribution in [3.05, 3.63) is 29.6 Å². The summed E-state index contributed by atoms with van der Waals surface area (Å²) in [6.45, 7) is 0. The second-order valence-corrected chi connectivity index (χ2v) is 3.59. The molecule has 1 aromatic carbocycles. The average Bonchev–Trinajstić information content (AvgIpc) is 2.03. The van der Waals surface area contributed by atoms with E-state index in [-0.39, 0.29) is 29.6 Å². The van der Waals surface area contributed by atoms with Crippen LogP contribution in [0.5, 0.6) is 0 Å². The van der Waals surface area contributed by atoms with E-state index in [1.807, 2.05) is 0 Å². The van der Waals surface area contributed by atoms with Gasteiger partial charge in [0.15, 0.2) is 0 Å². The molecule has 68 valence electrons. The van der Waals surface area contributed by atoms with Gasteiger partial charge in [-0.2, -0.15) is 5.26 Å². The Morgan fingerprint density at radius 3 is 2.43 bits per heavy atom. The number of rotatable bonds is 1. The summed E-state index contributed by atoms with van der Waals surface area (Å²) in [7, 11) is -4.62. The number of halogens is 1.